The fraction of sp³-hybridized carbons (Fsp3) is 1.00. The standard InChI is InChI=1S/C14H30O/c1-4-5-6-7-8-10-14(13(2)3)11-9-12-15/h13-15H,4-12H2,1-3H3. The zero-order valence-electron chi connectivity index (χ0n) is 11.0. The lowest BCUT2D eigenvalue weighted by Gasteiger charge is -2.20. The average molecular weight is 214 g/mol. The van der Waals surface area contributed by atoms with Crippen molar-refractivity contribution < 1.29 is 5.11 Å². The van der Waals surface area contributed by atoms with Crippen LogP contribution in [0.25, 0.3) is 0 Å². The molecule has 1 nitrogen and oxygen atoms in total. The molecule has 92 valence electrons. The van der Waals surface area contributed by atoms with Crippen LogP contribution in [-0.2, 0) is 0 Å². The molecule has 0 amide bonds. The highest BCUT2D eigenvalue weighted by Crippen LogP contribution is 2.23. The summed E-state index contributed by atoms with van der Waals surface area (Å²) in [5.41, 5.74) is 0. The lowest BCUT2D eigenvalue weighted by Crippen LogP contribution is -2.09. The third-order valence-corrected chi connectivity index (χ3v) is 3.35. The van der Waals surface area contributed by atoms with Crippen molar-refractivity contribution in [3.05, 3.63) is 0 Å². The summed E-state index contributed by atoms with van der Waals surface area (Å²) in [7, 11) is 0. The zero-order valence-corrected chi connectivity index (χ0v) is 11.0. The Hall–Kier alpha value is -0.0400. The maximum Gasteiger partial charge on any atom is 0.0431 e. The molecule has 1 N–H and O–H groups in total. The minimum Gasteiger partial charge on any atom is -0.396 e. The molecule has 15 heavy (non-hydrogen) atoms. The van der Waals surface area contributed by atoms with Gasteiger partial charge < -0.3 is 5.11 Å². The fourth-order valence-electron chi connectivity index (χ4n) is 2.17. The average Bonchev–Trinajstić information content (AvgIpc) is 2.21. The summed E-state index contributed by atoms with van der Waals surface area (Å²) in [6.45, 7) is 7.25. The highest BCUT2D eigenvalue weighted by Gasteiger charge is 2.12. The van der Waals surface area contributed by atoms with Gasteiger partial charge in [-0.1, -0.05) is 59.3 Å². The van der Waals surface area contributed by atoms with Gasteiger partial charge in [0, 0.05) is 6.61 Å². The quantitative estimate of drug-likeness (QED) is 0.535. The van der Waals surface area contributed by atoms with E-state index in [1.165, 1.54) is 44.9 Å². The number of aliphatic hydroxyl groups is 1. The molecule has 1 heteroatoms. The predicted octanol–water partition coefficient (Wildman–Crippen LogP) is 4.39. The lowest BCUT2D eigenvalue weighted by atomic mass is 9.86. The molecule has 0 spiro atoms. The number of unbranched alkanes of at least 4 members (excludes halogenated alkanes) is 4. The molecule has 0 heterocycles. The molecule has 0 aromatic carbocycles. The van der Waals surface area contributed by atoms with Gasteiger partial charge in [-0.3, -0.25) is 0 Å². The molecule has 0 aliphatic rings. The maximum absolute atomic E-state index is 8.84. The van der Waals surface area contributed by atoms with Crippen LogP contribution in [0.2, 0.25) is 0 Å². The number of hydrogen-bond donors (Lipinski definition) is 1. The molecule has 0 rings (SSSR count). The van der Waals surface area contributed by atoms with E-state index in [0.717, 1.165) is 18.3 Å². The summed E-state index contributed by atoms with van der Waals surface area (Å²) >= 11 is 0. The van der Waals surface area contributed by atoms with Crippen molar-refractivity contribution in [2.24, 2.45) is 11.8 Å². The van der Waals surface area contributed by atoms with E-state index in [2.05, 4.69) is 20.8 Å². The summed E-state index contributed by atoms with van der Waals surface area (Å²) in [6.07, 6.45) is 10.5. The van der Waals surface area contributed by atoms with E-state index >= 15 is 0 Å². The largest absolute Gasteiger partial charge is 0.396 e. The SMILES string of the molecule is CCCCCCCC(CCCO)C(C)C. The Kier molecular flexibility index (Phi) is 10.4. The number of aliphatic hydroxyl groups excluding tert-OH is 1. The van der Waals surface area contributed by atoms with Crippen molar-refractivity contribution in [3.8, 4) is 0 Å². The monoisotopic (exact) mass is 214 g/mol. The summed E-state index contributed by atoms with van der Waals surface area (Å²) in [5.74, 6) is 1.61. The van der Waals surface area contributed by atoms with Gasteiger partial charge in [0.05, 0.1) is 0 Å². The van der Waals surface area contributed by atoms with E-state index in [1.54, 1.807) is 0 Å². The topological polar surface area (TPSA) is 20.2 Å². The van der Waals surface area contributed by atoms with Crippen LogP contribution in [0.3, 0.4) is 0 Å². The van der Waals surface area contributed by atoms with Gasteiger partial charge in [-0.25, -0.2) is 0 Å². The van der Waals surface area contributed by atoms with Gasteiger partial charge in [-0.05, 0) is 24.7 Å². The van der Waals surface area contributed by atoms with Crippen molar-refractivity contribution in [1.29, 1.82) is 0 Å². The van der Waals surface area contributed by atoms with Crippen LogP contribution in [0.5, 0.6) is 0 Å². The summed E-state index contributed by atoms with van der Waals surface area (Å²) in [5, 5.41) is 8.84. The van der Waals surface area contributed by atoms with Crippen molar-refractivity contribution in [1.82, 2.24) is 0 Å². The van der Waals surface area contributed by atoms with Crippen LogP contribution in [0, 0.1) is 11.8 Å². The minimum atomic E-state index is 0.360. The molecule has 1 unspecified atom stereocenters. The highest BCUT2D eigenvalue weighted by molar-refractivity contribution is 4.63. The number of rotatable bonds is 10. The third kappa shape index (κ3) is 8.92. The van der Waals surface area contributed by atoms with E-state index in [0.29, 0.717) is 6.61 Å². The summed E-state index contributed by atoms with van der Waals surface area (Å²) in [6, 6.07) is 0. The highest BCUT2D eigenvalue weighted by atomic mass is 16.2. The van der Waals surface area contributed by atoms with E-state index in [1.807, 2.05) is 0 Å². The first-order chi connectivity index (χ1) is 7.22. The molecular formula is C14H30O. The molecule has 0 fully saturated rings. The smallest absolute Gasteiger partial charge is 0.0431 e. The first-order valence-electron chi connectivity index (χ1n) is 6.83. The third-order valence-electron chi connectivity index (χ3n) is 3.35. The van der Waals surface area contributed by atoms with Gasteiger partial charge in [-0.2, -0.15) is 0 Å². The van der Waals surface area contributed by atoms with Gasteiger partial charge in [0.1, 0.15) is 0 Å². The molecule has 0 aromatic heterocycles. The molecule has 1 atom stereocenters. The van der Waals surface area contributed by atoms with Crippen LogP contribution in [0.15, 0.2) is 0 Å². The maximum atomic E-state index is 8.84. The first-order valence-corrected chi connectivity index (χ1v) is 6.83. The fourth-order valence-corrected chi connectivity index (χ4v) is 2.17. The van der Waals surface area contributed by atoms with Gasteiger partial charge in [0.25, 0.3) is 0 Å². The Morgan fingerprint density at radius 2 is 1.47 bits per heavy atom. The predicted molar refractivity (Wildman–Crippen MR) is 68.0 cm³/mol. The molecule has 0 aromatic rings. The second-order valence-corrected chi connectivity index (χ2v) is 5.07. The van der Waals surface area contributed by atoms with Gasteiger partial charge in [0.2, 0.25) is 0 Å². The van der Waals surface area contributed by atoms with Gasteiger partial charge >= 0.3 is 0 Å². The van der Waals surface area contributed by atoms with Crippen molar-refractivity contribution >= 4 is 0 Å². The molecule has 0 saturated carbocycles. The Morgan fingerprint density at radius 3 is 2.00 bits per heavy atom. The van der Waals surface area contributed by atoms with Crippen LogP contribution >= 0.6 is 0 Å². The van der Waals surface area contributed by atoms with Crippen molar-refractivity contribution in [2.45, 2.75) is 72.1 Å². The molecule has 0 radical (unpaired) electrons. The van der Waals surface area contributed by atoms with Crippen LogP contribution in [-0.4, -0.2) is 11.7 Å². The van der Waals surface area contributed by atoms with E-state index in [9.17, 15) is 0 Å². The second kappa shape index (κ2) is 10.5. The van der Waals surface area contributed by atoms with Crippen molar-refractivity contribution in [3.63, 3.8) is 0 Å². The Labute approximate surface area is 96.3 Å². The summed E-state index contributed by atoms with van der Waals surface area (Å²) < 4.78 is 0. The van der Waals surface area contributed by atoms with Crippen LogP contribution in [0.1, 0.15) is 72.1 Å². The minimum absolute atomic E-state index is 0.360. The molecular weight excluding hydrogens is 184 g/mol. The first kappa shape index (κ1) is 15.0. The van der Waals surface area contributed by atoms with Crippen molar-refractivity contribution in [2.75, 3.05) is 6.61 Å². The van der Waals surface area contributed by atoms with Crippen LogP contribution < -0.4 is 0 Å². The van der Waals surface area contributed by atoms with E-state index in [-0.39, 0.29) is 0 Å². The Balaban J connectivity index is 3.48. The molecule has 0 aliphatic carbocycles. The zero-order chi connectivity index (χ0) is 11.5. The van der Waals surface area contributed by atoms with E-state index < -0.39 is 0 Å². The molecule has 0 saturated heterocycles. The number of hydrogen-bond acceptors (Lipinski definition) is 1. The Bertz CT molecular complexity index is 121. The van der Waals surface area contributed by atoms with Gasteiger partial charge in [-0.15, -0.1) is 0 Å². The van der Waals surface area contributed by atoms with Crippen LogP contribution in [0.4, 0.5) is 0 Å². The van der Waals surface area contributed by atoms with Gasteiger partial charge in [0.15, 0.2) is 0 Å². The summed E-state index contributed by atoms with van der Waals surface area (Å²) in [4.78, 5) is 0. The molecule has 0 aliphatic heterocycles. The normalized spacial score (nSPS) is 13.4. The Morgan fingerprint density at radius 1 is 0.867 bits per heavy atom. The lowest BCUT2D eigenvalue weighted by molar-refractivity contribution is 0.246. The van der Waals surface area contributed by atoms with E-state index in [4.69, 9.17) is 5.11 Å². The second-order valence-electron chi connectivity index (χ2n) is 5.07. The molecule has 0 bridgehead atoms.